The molecule has 14 heavy (non-hydrogen) atoms. The first kappa shape index (κ1) is 10.8. The summed E-state index contributed by atoms with van der Waals surface area (Å²) in [5.74, 6) is 0.0343. The topological polar surface area (TPSA) is 33.0 Å². The molecule has 4 heteroatoms. The predicted molar refractivity (Wildman–Crippen MR) is 51.9 cm³/mol. The summed E-state index contributed by atoms with van der Waals surface area (Å²) in [7, 11) is 1.47. The Labute approximate surface area is 86.9 Å². The molecule has 0 spiro atoms. The fourth-order valence-corrected chi connectivity index (χ4v) is 1.34. The van der Waals surface area contributed by atoms with E-state index in [1.807, 2.05) is 6.07 Å². The molecule has 0 bridgehead atoms. The van der Waals surface area contributed by atoms with Gasteiger partial charge in [-0.1, -0.05) is 11.6 Å². The van der Waals surface area contributed by atoms with Gasteiger partial charge in [-0.3, -0.25) is 0 Å². The van der Waals surface area contributed by atoms with Crippen LogP contribution in [-0.2, 0) is 6.42 Å². The third-order valence-corrected chi connectivity index (χ3v) is 2.12. The molecular formula is C10H9ClFNO. The highest BCUT2D eigenvalue weighted by atomic mass is 35.5. The van der Waals surface area contributed by atoms with E-state index in [4.69, 9.17) is 21.6 Å². The summed E-state index contributed by atoms with van der Waals surface area (Å²) >= 11 is 5.71. The van der Waals surface area contributed by atoms with Crippen LogP contribution in [0.15, 0.2) is 12.1 Å². The van der Waals surface area contributed by atoms with Crippen molar-refractivity contribution in [2.75, 3.05) is 7.11 Å². The normalized spacial score (nSPS) is 9.57. The zero-order chi connectivity index (χ0) is 10.6. The molecule has 1 aromatic carbocycles. The summed E-state index contributed by atoms with van der Waals surface area (Å²) < 4.78 is 18.2. The molecule has 0 N–H and O–H groups in total. The summed E-state index contributed by atoms with van der Waals surface area (Å²) in [4.78, 5) is 0. The Balaban J connectivity index is 2.99. The fraction of sp³-hybridized carbons (Fsp3) is 0.300. The van der Waals surface area contributed by atoms with Gasteiger partial charge in [0.05, 0.1) is 18.2 Å². The van der Waals surface area contributed by atoms with E-state index in [9.17, 15) is 4.39 Å². The second kappa shape index (κ2) is 4.83. The van der Waals surface area contributed by atoms with Crippen molar-refractivity contribution in [3.8, 4) is 11.8 Å². The van der Waals surface area contributed by atoms with Gasteiger partial charge >= 0.3 is 0 Å². The summed E-state index contributed by atoms with van der Waals surface area (Å²) in [6.45, 7) is 0. The largest absolute Gasteiger partial charge is 0.495 e. The Morgan fingerprint density at radius 3 is 2.86 bits per heavy atom. The highest BCUT2D eigenvalue weighted by Gasteiger charge is 2.08. The van der Waals surface area contributed by atoms with Crippen LogP contribution in [0.1, 0.15) is 12.0 Å². The summed E-state index contributed by atoms with van der Waals surface area (Å²) in [6.07, 6.45) is 0.650. The summed E-state index contributed by atoms with van der Waals surface area (Å²) in [5.41, 5.74) is 0.452. The number of aryl methyl sites for hydroxylation is 1. The minimum atomic E-state index is -0.397. The van der Waals surface area contributed by atoms with Crippen molar-refractivity contribution in [1.82, 2.24) is 0 Å². The molecule has 2 nitrogen and oxygen atoms in total. The first-order valence-electron chi connectivity index (χ1n) is 4.08. The number of methoxy groups -OCH3 is 1. The molecule has 0 unspecified atom stereocenters. The minimum Gasteiger partial charge on any atom is -0.495 e. The van der Waals surface area contributed by atoms with Crippen molar-refractivity contribution in [1.29, 1.82) is 5.26 Å². The first-order valence-corrected chi connectivity index (χ1v) is 4.45. The molecular weight excluding hydrogens is 205 g/mol. The van der Waals surface area contributed by atoms with Gasteiger partial charge in [0.2, 0.25) is 0 Å². The number of nitriles is 1. The van der Waals surface area contributed by atoms with Crippen LogP contribution in [0.3, 0.4) is 0 Å². The summed E-state index contributed by atoms with van der Waals surface area (Å²) in [6, 6.07) is 4.68. The van der Waals surface area contributed by atoms with Crippen molar-refractivity contribution >= 4 is 11.6 Å². The fourth-order valence-electron chi connectivity index (χ4n) is 1.11. The van der Waals surface area contributed by atoms with E-state index < -0.39 is 5.82 Å². The van der Waals surface area contributed by atoms with Crippen molar-refractivity contribution in [2.45, 2.75) is 12.8 Å². The van der Waals surface area contributed by atoms with Gasteiger partial charge in [0.15, 0.2) is 0 Å². The molecule has 0 amide bonds. The van der Waals surface area contributed by atoms with E-state index in [2.05, 4.69) is 0 Å². The number of ether oxygens (including phenoxy) is 1. The van der Waals surface area contributed by atoms with Gasteiger partial charge in [0.25, 0.3) is 0 Å². The minimum absolute atomic E-state index is 0.241. The zero-order valence-corrected chi connectivity index (χ0v) is 8.44. The second-order valence-corrected chi connectivity index (χ2v) is 3.14. The van der Waals surface area contributed by atoms with Crippen molar-refractivity contribution in [2.24, 2.45) is 0 Å². The molecule has 0 aliphatic heterocycles. The smallest absolute Gasteiger partial charge is 0.137 e. The summed E-state index contributed by atoms with van der Waals surface area (Å²) in [5, 5.41) is 8.61. The van der Waals surface area contributed by atoms with Gasteiger partial charge in [0.1, 0.15) is 11.6 Å². The van der Waals surface area contributed by atoms with Crippen molar-refractivity contribution in [3.63, 3.8) is 0 Å². The Morgan fingerprint density at radius 1 is 1.57 bits per heavy atom. The Kier molecular flexibility index (Phi) is 3.73. The molecule has 0 saturated carbocycles. The molecule has 0 aliphatic carbocycles. The number of halogens is 2. The van der Waals surface area contributed by atoms with Crippen LogP contribution < -0.4 is 4.74 Å². The number of hydrogen-bond donors (Lipinski definition) is 0. The molecule has 0 aromatic heterocycles. The monoisotopic (exact) mass is 213 g/mol. The average molecular weight is 214 g/mol. The quantitative estimate of drug-likeness (QED) is 0.774. The van der Waals surface area contributed by atoms with E-state index in [-0.39, 0.29) is 11.4 Å². The molecule has 0 radical (unpaired) electrons. The second-order valence-electron chi connectivity index (χ2n) is 2.74. The highest BCUT2D eigenvalue weighted by Crippen LogP contribution is 2.27. The van der Waals surface area contributed by atoms with Crippen molar-refractivity contribution in [3.05, 3.63) is 28.5 Å². The van der Waals surface area contributed by atoms with E-state index in [0.29, 0.717) is 17.7 Å². The number of hydrogen-bond acceptors (Lipinski definition) is 2. The third kappa shape index (κ3) is 2.36. The van der Waals surface area contributed by atoms with Crippen LogP contribution >= 0.6 is 11.6 Å². The van der Waals surface area contributed by atoms with Crippen LogP contribution in [0.2, 0.25) is 5.02 Å². The average Bonchev–Trinajstić information content (AvgIpc) is 2.17. The number of benzene rings is 1. The SMILES string of the molecule is COc1cc(CCC#N)c(F)cc1Cl. The Morgan fingerprint density at radius 2 is 2.29 bits per heavy atom. The van der Waals surface area contributed by atoms with E-state index in [1.54, 1.807) is 0 Å². The third-order valence-electron chi connectivity index (χ3n) is 1.83. The number of rotatable bonds is 3. The van der Waals surface area contributed by atoms with Crippen LogP contribution in [0.4, 0.5) is 4.39 Å². The molecule has 0 aliphatic rings. The maximum atomic E-state index is 13.2. The van der Waals surface area contributed by atoms with Gasteiger partial charge in [-0.05, 0) is 24.1 Å². The molecule has 0 atom stereocenters. The zero-order valence-electron chi connectivity index (χ0n) is 7.68. The first-order chi connectivity index (χ1) is 6.69. The maximum Gasteiger partial charge on any atom is 0.137 e. The van der Waals surface area contributed by atoms with Crippen LogP contribution in [0, 0.1) is 17.1 Å². The van der Waals surface area contributed by atoms with E-state index in [1.165, 1.54) is 19.2 Å². The lowest BCUT2D eigenvalue weighted by Crippen LogP contribution is -1.93. The lowest BCUT2D eigenvalue weighted by Gasteiger charge is -2.06. The van der Waals surface area contributed by atoms with E-state index in [0.717, 1.165) is 0 Å². The molecule has 74 valence electrons. The highest BCUT2D eigenvalue weighted by molar-refractivity contribution is 6.32. The maximum absolute atomic E-state index is 13.2. The van der Waals surface area contributed by atoms with E-state index >= 15 is 0 Å². The van der Waals surface area contributed by atoms with Gasteiger partial charge in [-0.2, -0.15) is 5.26 Å². The standard InChI is InChI=1S/C10H9ClFNO/c1-14-10-5-7(3-2-4-13)9(12)6-8(10)11/h5-6H,2-3H2,1H3. The lowest BCUT2D eigenvalue weighted by atomic mass is 10.1. The number of nitrogens with zero attached hydrogens (tertiary/aromatic N) is 1. The molecule has 0 heterocycles. The van der Waals surface area contributed by atoms with Gasteiger partial charge in [0, 0.05) is 6.42 Å². The Bertz CT molecular complexity index is 373. The van der Waals surface area contributed by atoms with Gasteiger partial charge in [-0.25, -0.2) is 4.39 Å². The van der Waals surface area contributed by atoms with Crippen LogP contribution in [-0.4, -0.2) is 7.11 Å². The molecule has 0 saturated heterocycles. The van der Waals surface area contributed by atoms with Crippen molar-refractivity contribution < 1.29 is 9.13 Å². The molecule has 0 fully saturated rings. The van der Waals surface area contributed by atoms with Crippen LogP contribution in [0.25, 0.3) is 0 Å². The van der Waals surface area contributed by atoms with Gasteiger partial charge in [-0.15, -0.1) is 0 Å². The Hall–Kier alpha value is -1.27. The molecule has 1 aromatic rings. The lowest BCUT2D eigenvalue weighted by molar-refractivity contribution is 0.413. The van der Waals surface area contributed by atoms with Gasteiger partial charge < -0.3 is 4.74 Å². The predicted octanol–water partition coefficient (Wildman–Crippen LogP) is 2.94. The molecule has 1 rings (SSSR count). The van der Waals surface area contributed by atoms with Crippen LogP contribution in [0.5, 0.6) is 5.75 Å².